The number of ether oxygens (including phenoxy) is 2. The van der Waals surface area contributed by atoms with E-state index in [-0.39, 0.29) is 0 Å². The van der Waals surface area contributed by atoms with Crippen molar-refractivity contribution in [2.75, 3.05) is 26.1 Å². The van der Waals surface area contributed by atoms with Crippen molar-refractivity contribution in [2.24, 2.45) is 7.05 Å². The predicted molar refractivity (Wildman–Crippen MR) is 92.7 cm³/mol. The van der Waals surface area contributed by atoms with Crippen LogP contribution in [0.2, 0.25) is 0 Å². The zero-order chi connectivity index (χ0) is 16.9. The number of hydrogen-bond acceptors (Lipinski definition) is 6. The molecule has 0 aliphatic heterocycles. The third-order valence-electron chi connectivity index (χ3n) is 3.93. The van der Waals surface area contributed by atoms with E-state index in [0.29, 0.717) is 0 Å². The average molecular weight is 327 g/mol. The van der Waals surface area contributed by atoms with Crippen molar-refractivity contribution in [1.29, 1.82) is 0 Å². The molecule has 2 aromatic heterocycles. The van der Waals surface area contributed by atoms with E-state index >= 15 is 0 Å². The second-order valence-electron chi connectivity index (χ2n) is 5.44. The number of nitrogens with zero attached hydrogens (tertiary/aromatic N) is 4. The molecule has 0 aliphatic carbocycles. The van der Waals surface area contributed by atoms with E-state index in [4.69, 9.17) is 9.47 Å². The van der Waals surface area contributed by atoms with E-state index in [0.717, 1.165) is 53.3 Å². The first-order valence-electron chi connectivity index (χ1n) is 7.80. The number of aromatic nitrogens is 4. The molecule has 3 aromatic rings. The van der Waals surface area contributed by atoms with Gasteiger partial charge >= 0.3 is 0 Å². The van der Waals surface area contributed by atoms with Gasteiger partial charge in [-0.2, -0.15) is 5.10 Å². The first-order chi connectivity index (χ1) is 11.7. The van der Waals surface area contributed by atoms with Crippen molar-refractivity contribution in [1.82, 2.24) is 19.7 Å². The van der Waals surface area contributed by atoms with Gasteiger partial charge in [0.05, 0.1) is 25.8 Å². The maximum absolute atomic E-state index is 5.41. The second-order valence-corrected chi connectivity index (χ2v) is 5.44. The van der Waals surface area contributed by atoms with E-state index in [2.05, 4.69) is 20.4 Å². The average Bonchev–Trinajstić information content (AvgIpc) is 3.00. The van der Waals surface area contributed by atoms with Crippen LogP contribution in [-0.2, 0) is 13.5 Å². The number of aryl methyl sites for hydroxylation is 2. The first-order valence-corrected chi connectivity index (χ1v) is 7.80. The minimum Gasteiger partial charge on any atom is -0.497 e. The quantitative estimate of drug-likeness (QED) is 0.672. The minimum atomic E-state index is 0.793. The molecule has 0 amide bonds. The van der Waals surface area contributed by atoms with Crippen LogP contribution in [0.3, 0.4) is 0 Å². The number of nitrogens with one attached hydrogen (secondary N) is 1. The van der Waals surface area contributed by atoms with Gasteiger partial charge in [-0.05, 0) is 36.6 Å². The Morgan fingerprint density at radius 3 is 2.83 bits per heavy atom. The summed E-state index contributed by atoms with van der Waals surface area (Å²) in [6.45, 7) is 0.793. The van der Waals surface area contributed by atoms with Gasteiger partial charge in [0.25, 0.3) is 0 Å². The number of methoxy groups -OCH3 is 2. The molecule has 0 aliphatic rings. The summed E-state index contributed by atoms with van der Waals surface area (Å²) in [7, 11) is 5.22. The van der Waals surface area contributed by atoms with E-state index < -0.39 is 0 Å². The molecule has 126 valence electrons. The highest BCUT2D eigenvalue weighted by molar-refractivity contribution is 5.85. The van der Waals surface area contributed by atoms with E-state index in [9.17, 15) is 0 Å². The summed E-state index contributed by atoms with van der Waals surface area (Å²) in [6, 6.07) is 5.86. The molecule has 0 saturated heterocycles. The number of anilines is 1. The van der Waals surface area contributed by atoms with Gasteiger partial charge in [0.15, 0.2) is 5.65 Å². The largest absolute Gasteiger partial charge is 0.497 e. The molecular weight excluding hydrogens is 306 g/mol. The van der Waals surface area contributed by atoms with Crippen molar-refractivity contribution in [3.8, 4) is 11.5 Å². The van der Waals surface area contributed by atoms with Crippen LogP contribution in [0.15, 0.2) is 30.7 Å². The van der Waals surface area contributed by atoms with Crippen LogP contribution in [0.1, 0.15) is 12.0 Å². The van der Waals surface area contributed by atoms with Gasteiger partial charge < -0.3 is 14.8 Å². The summed E-state index contributed by atoms with van der Waals surface area (Å²) >= 11 is 0. The molecule has 0 saturated carbocycles. The van der Waals surface area contributed by atoms with E-state index in [1.807, 2.05) is 25.2 Å². The van der Waals surface area contributed by atoms with Crippen molar-refractivity contribution in [3.63, 3.8) is 0 Å². The lowest BCUT2D eigenvalue weighted by molar-refractivity contribution is 0.398. The molecule has 3 rings (SSSR count). The molecule has 1 aromatic carbocycles. The summed E-state index contributed by atoms with van der Waals surface area (Å²) in [6.07, 6.45) is 5.16. The van der Waals surface area contributed by atoms with Gasteiger partial charge in [0.1, 0.15) is 23.6 Å². The molecule has 0 radical (unpaired) electrons. The van der Waals surface area contributed by atoms with Crippen LogP contribution in [0.25, 0.3) is 11.0 Å². The highest BCUT2D eigenvalue weighted by Gasteiger charge is 2.08. The van der Waals surface area contributed by atoms with Crippen molar-refractivity contribution < 1.29 is 9.47 Å². The Bertz CT molecular complexity index is 831. The van der Waals surface area contributed by atoms with Crippen molar-refractivity contribution in [2.45, 2.75) is 12.8 Å². The molecule has 0 spiro atoms. The monoisotopic (exact) mass is 327 g/mol. The van der Waals surface area contributed by atoms with Crippen LogP contribution in [0.5, 0.6) is 11.5 Å². The number of hydrogen-bond donors (Lipinski definition) is 1. The maximum Gasteiger partial charge on any atom is 0.163 e. The third kappa shape index (κ3) is 3.24. The Kier molecular flexibility index (Phi) is 4.79. The van der Waals surface area contributed by atoms with Crippen LogP contribution in [0.4, 0.5) is 5.82 Å². The van der Waals surface area contributed by atoms with E-state index in [1.165, 1.54) is 0 Å². The Hall–Kier alpha value is -2.83. The third-order valence-corrected chi connectivity index (χ3v) is 3.93. The molecule has 0 unspecified atom stereocenters. The van der Waals surface area contributed by atoms with Gasteiger partial charge in [-0.25, -0.2) is 9.97 Å². The van der Waals surface area contributed by atoms with Gasteiger partial charge in [0, 0.05) is 13.6 Å². The number of benzene rings is 1. The molecule has 24 heavy (non-hydrogen) atoms. The molecule has 2 heterocycles. The molecule has 7 nitrogen and oxygen atoms in total. The highest BCUT2D eigenvalue weighted by atomic mass is 16.5. The first kappa shape index (κ1) is 16.0. The zero-order valence-electron chi connectivity index (χ0n) is 14.1. The minimum absolute atomic E-state index is 0.793. The summed E-state index contributed by atoms with van der Waals surface area (Å²) in [5.74, 6) is 2.53. The summed E-state index contributed by atoms with van der Waals surface area (Å²) in [4.78, 5) is 8.54. The predicted octanol–water partition coefficient (Wildman–Crippen LogP) is 2.43. The normalized spacial score (nSPS) is 10.8. The Labute approximate surface area is 140 Å². The standard InChI is InChI=1S/C17H21N5O2/c1-22-17-14(10-21-22)16(19-11-20-17)18-8-4-5-12-9-13(23-2)6-7-15(12)24-3/h6-7,9-11H,4-5,8H2,1-3H3,(H,18,19,20). The van der Waals surface area contributed by atoms with Crippen molar-refractivity contribution in [3.05, 3.63) is 36.3 Å². The molecule has 0 fully saturated rings. The number of fused-ring (bicyclic) bond motifs is 1. The fourth-order valence-corrected chi connectivity index (χ4v) is 2.67. The van der Waals surface area contributed by atoms with Gasteiger partial charge in [0.2, 0.25) is 0 Å². The van der Waals surface area contributed by atoms with Crippen LogP contribution < -0.4 is 14.8 Å². The van der Waals surface area contributed by atoms with Gasteiger partial charge in [-0.1, -0.05) is 0 Å². The lowest BCUT2D eigenvalue weighted by Crippen LogP contribution is -2.06. The molecule has 1 N–H and O–H groups in total. The Morgan fingerprint density at radius 2 is 2.04 bits per heavy atom. The zero-order valence-corrected chi connectivity index (χ0v) is 14.1. The smallest absolute Gasteiger partial charge is 0.163 e. The number of rotatable bonds is 7. The van der Waals surface area contributed by atoms with Crippen LogP contribution in [0, 0.1) is 0 Å². The van der Waals surface area contributed by atoms with Crippen LogP contribution in [-0.4, -0.2) is 40.5 Å². The van der Waals surface area contributed by atoms with Crippen molar-refractivity contribution >= 4 is 16.9 Å². The fourth-order valence-electron chi connectivity index (χ4n) is 2.67. The maximum atomic E-state index is 5.41. The molecular formula is C17H21N5O2. The summed E-state index contributed by atoms with van der Waals surface area (Å²) in [5.41, 5.74) is 1.95. The Balaban J connectivity index is 1.63. The molecule has 0 atom stereocenters. The SMILES string of the molecule is COc1ccc(OC)c(CCCNc2ncnc3c2cnn3C)c1. The fraction of sp³-hybridized carbons (Fsp3) is 0.353. The molecule has 0 bridgehead atoms. The highest BCUT2D eigenvalue weighted by Crippen LogP contribution is 2.25. The van der Waals surface area contributed by atoms with Gasteiger partial charge in [-0.3, -0.25) is 4.68 Å². The Morgan fingerprint density at radius 1 is 1.17 bits per heavy atom. The van der Waals surface area contributed by atoms with E-state index in [1.54, 1.807) is 31.4 Å². The second kappa shape index (κ2) is 7.16. The topological polar surface area (TPSA) is 74.1 Å². The summed E-state index contributed by atoms with van der Waals surface area (Å²) < 4.78 is 12.4. The molecule has 7 heteroatoms. The van der Waals surface area contributed by atoms with Gasteiger partial charge in [-0.15, -0.1) is 0 Å². The van der Waals surface area contributed by atoms with Crippen LogP contribution >= 0.6 is 0 Å². The lowest BCUT2D eigenvalue weighted by Gasteiger charge is -2.11. The lowest BCUT2D eigenvalue weighted by atomic mass is 10.1. The summed E-state index contributed by atoms with van der Waals surface area (Å²) in [5, 5.41) is 8.51.